The van der Waals surface area contributed by atoms with Crippen LogP contribution in [0.25, 0.3) is 22.5 Å². The van der Waals surface area contributed by atoms with Crippen molar-refractivity contribution in [2.24, 2.45) is 0 Å². The molecule has 1 aliphatic carbocycles. The van der Waals surface area contributed by atoms with Gasteiger partial charge in [-0.05, 0) is 65.9 Å². The van der Waals surface area contributed by atoms with E-state index in [0.29, 0.717) is 48.2 Å². The monoisotopic (exact) mass is 572 g/mol. The Balaban J connectivity index is 1.44. The van der Waals surface area contributed by atoms with Crippen LogP contribution in [0.3, 0.4) is 0 Å². The standard InChI is InChI=1S/C25H26BrFN6O4/c1-36-10-11-37-25(24(34)35)8-6-15(7-9-25)21-20(26)22(28)33-23(31-21)19(13-30-33)16-12-29-32(14-16)18-4-2-17(27)3-5-18/h2-5,12-15H,6-11,28H2,1H3,(H,34,35)/t15-,25+. The van der Waals surface area contributed by atoms with Gasteiger partial charge in [0, 0.05) is 30.4 Å². The Bertz CT molecular complexity index is 1430. The Morgan fingerprint density at radius 1 is 1.22 bits per heavy atom. The molecule has 0 radical (unpaired) electrons. The van der Waals surface area contributed by atoms with E-state index in [-0.39, 0.29) is 18.3 Å². The number of carboxylic acid groups (broad SMARTS) is 1. The number of aliphatic carboxylic acids is 1. The molecule has 194 valence electrons. The number of nitrogens with two attached hydrogens (primary N) is 1. The molecule has 0 unspecified atom stereocenters. The van der Waals surface area contributed by atoms with Crippen molar-refractivity contribution in [3.8, 4) is 16.8 Å². The fourth-order valence-corrected chi connectivity index (χ4v) is 5.36. The fourth-order valence-electron chi connectivity index (χ4n) is 4.78. The molecule has 0 bridgehead atoms. The van der Waals surface area contributed by atoms with Crippen molar-refractivity contribution < 1.29 is 23.8 Å². The molecule has 10 nitrogen and oxygen atoms in total. The number of hydrogen-bond donors (Lipinski definition) is 2. The molecular formula is C25H26BrFN6O4. The molecule has 37 heavy (non-hydrogen) atoms. The summed E-state index contributed by atoms with van der Waals surface area (Å²) in [6.07, 6.45) is 7.06. The number of benzene rings is 1. The van der Waals surface area contributed by atoms with E-state index in [2.05, 4.69) is 26.1 Å². The summed E-state index contributed by atoms with van der Waals surface area (Å²) in [5, 5.41) is 18.7. The van der Waals surface area contributed by atoms with Gasteiger partial charge in [0.05, 0.1) is 41.5 Å². The van der Waals surface area contributed by atoms with E-state index >= 15 is 0 Å². The molecule has 0 amide bonds. The Morgan fingerprint density at radius 2 is 1.95 bits per heavy atom. The average Bonchev–Trinajstić information content (AvgIpc) is 3.55. The normalized spacial score (nSPS) is 19.9. The third-order valence-corrected chi connectivity index (χ3v) is 7.68. The number of aromatic nitrogens is 5. The summed E-state index contributed by atoms with van der Waals surface area (Å²) in [5.74, 6) is -0.880. The van der Waals surface area contributed by atoms with Gasteiger partial charge in [-0.15, -0.1) is 0 Å². The Hall–Kier alpha value is -3.35. The lowest BCUT2D eigenvalue weighted by Gasteiger charge is -2.36. The first-order valence-electron chi connectivity index (χ1n) is 11.8. The molecule has 3 N–H and O–H groups in total. The fraction of sp³-hybridized carbons (Fsp3) is 0.360. The van der Waals surface area contributed by atoms with E-state index in [0.717, 1.165) is 22.5 Å². The van der Waals surface area contributed by atoms with Gasteiger partial charge in [-0.2, -0.15) is 14.7 Å². The van der Waals surface area contributed by atoms with Crippen molar-refractivity contribution >= 4 is 33.4 Å². The quantitative estimate of drug-likeness (QED) is 0.300. The second-order valence-corrected chi connectivity index (χ2v) is 9.85. The predicted molar refractivity (Wildman–Crippen MR) is 137 cm³/mol. The number of hydrogen-bond acceptors (Lipinski definition) is 7. The number of rotatable bonds is 8. The lowest BCUT2D eigenvalue weighted by atomic mass is 9.77. The van der Waals surface area contributed by atoms with Gasteiger partial charge in [-0.1, -0.05) is 0 Å². The zero-order valence-corrected chi connectivity index (χ0v) is 21.7. The summed E-state index contributed by atoms with van der Waals surface area (Å²) in [7, 11) is 1.55. The van der Waals surface area contributed by atoms with Crippen LogP contribution in [0, 0.1) is 5.82 Å². The van der Waals surface area contributed by atoms with Gasteiger partial charge < -0.3 is 20.3 Å². The molecule has 3 heterocycles. The van der Waals surface area contributed by atoms with Gasteiger partial charge in [0.25, 0.3) is 0 Å². The highest BCUT2D eigenvalue weighted by molar-refractivity contribution is 9.10. The number of fused-ring (bicyclic) bond motifs is 1. The van der Waals surface area contributed by atoms with E-state index in [1.165, 1.54) is 12.1 Å². The van der Waals surface area contributed by atoms with Crippen LogP contribution >= 0.6 is 15.9 Å². The number of nitrogens with zero attached hydrogens (tertiary/aromatic N) is 5. The lowest BCUT2D eigenvalue weighted by Crippen LogP contribution is -2.45. The molecule has 0 spiro atoms. The lowest BCUT2D eigenvalue weighted by molar-refractivity contribution is -0.173. The summed E-state index contributed by atoms with van der Waals surface area (Å²) in [6.45, 7) is 0.555. The molecule has 0 aliphatic heterocycles. The van der Waals surface area contributed by atoms with E-state index in [9.17, 15) is 14.3 Å². The number of halogens is 2. The summed E-state index contributed by atoms with van der Waals surface area (Å²) in [5.41, 5.74) is 8.77. The highest BCUT2D eigenvalue weighted by atomic mass is 79.9. The first-order valence-corrected chi connectivity index (χ1v) is 12.6. The number of nitrogen functional groups attached to an aromatic ring is 1. The van der Waals surface area contributed by atoms with Crippen LogP contribution in [0.5, 0.6) is 0 Å². The van der Waals surface area contributed by atoms with E-state index in [1.807, 2.05) is 6.20 Å². The van der Waals surface area contributed by atoms with Crippen molar-refractivity contribution in [1.29, 1.82) is 0 Å². The minimum absolute atomic E-state index is 0.00939. The highest BCUT2D eigenvalue weighted by Crippen LogP contribution is 2.43. The van der Waals surface area contributed by atoms with Gasteiger partial charge in [0.1, 0.15) is 11.6 Å². The maximum atomic E-state index is 13.3. The topological polar surface area (TPSA) is 130 Å². The van der Waals surface area contributed by atoms with Crippen LogP contribution in [-0.2, 0) is 14.3 Å². The van der Waals surface area contributed by atoms with Crippen LogP contribution in [-0.4, -0.2) is 61.4 Å². The van der Waals surface area contributed by atoms with Crippen LogP contribution in [0.15, 0.2) is 47.3 Å². The van der Waals surface area contributed by atoms with Crippen molar-refractivity contribution in [2.75, 3.05) is 26.1 Å². The van der Waals surface area contributed by atoms with Crippen LogP contribution in [0.1, 0.15) is 37.3 Å². The number of methoxy groups -OCH3 is 1. The Morgan fingerprint density at radius 3 is 2.62 bits per heavy atom. The van der Waals surface area contributed by atoms with Gasteiger partial charge in [-0.25, -0.2) is 18.9 Å². The summed E-state index contributed by atoms with van der Waals surface area (Å²) >= 11 is 3.59. The number of carbonyl (C=O) groups is 1. The molecule has 1 saturated carbocycles. The molecule has 1 fully saturated rings. The molecule has 4 aromatic rings. The SMILES string of the molecule is COCCO[C@]1(C(=O)O)CC[C@H](c2nc3c(-c4cnn(-c5ccc(F)cc5)c4)cnn3c(N)c2Br)CC1. The van der Waals surface area contributed by atoms with Crippen LogP contribution in [0.4, 0.5) is 10.2 Å². The van der Waals surface area contributed by atoms with Crippen molar-refractivity contribution in [3.05, 3.63) is 58.8 Å². The third kappa shape index (κ3) is 4.72. The largest absolute Gasteiger partial charge is 0.479 e. The minimum atomic E-state index is -1.23. The molecule has 0 saturated heterocycles. The van der Waals surface area contributed by atoms with Crippen molar-refractivity contribution in [2.45, 2.75) is 37.2 Å². The van der Waals surface area contributed by atoms with Gasteiger partial charge >= 0.3 is 5.97 Å². The van der Waals surface area contributed by atoms with E-state index in [1.54, 1.807) is 40.8 Å². The molecule has 1 aromatic carbocycles. The molecule has 0 atom stereocenters. The zero-order valence-electron chi connectivity index (χ0n) is 20.1. The second kappa shape index (κ2) is 10.2. The minimum Gasteiger partial charge on any atom is -0.479 e. The van der Waals surface area contributed by atoms with Gasteiger partial charge in [0.15, 0.2) is 11.2 Å². The second-order valence-electron chi connectivity index (χ2n) is 9.05. The van der Waals surface area contributed by atoms with E-state index in [4.69, 9.17) is 20.2 Å². The first-order chi connectivity index (χ1) is 17.8. The van der Waals surface area contributed by atoms with Crippen molar-refractivity contribution in [3.63, 3.8) is 0 Å². The maximum absolute atomic E-state index is 13.3. The molecule has 3 aromatic heterocycles. The first kappa shape index (κ1) is 25.3. The summed E-state index contributed by atoms with van der Waals surface area (Å²) in [6, 6.07) is 6.05. The average molecular weight is 573 g/mol. The van der Waals surface area contributed by atoms with Gasteiger partial charge in [0.2, 0.25) is 0 Å². The third-order valence-electron chi connectivity index (χ3n) is 6.87. The summed E-state index contributed by atoms with van der Waals surface area (Å²) in [4.78, 5) is 17.0. The Labute approximate surface area is 220 Å². The molecule has 5 rings (SSSR count). The maximum Gasteiger partial charge on any atom is 0.335 e. The number of anilines is 1. The van der Waals surface area contributed by atoms with Crippen LogP contribution < -0.4 is 5.73 Å². The zero-order chi connectivity index (χ0) is 26.2. The van der Waals surface area contributed by atoms with Gasteiger partial charge in [-0.3, -0.25) is 0 Å². The molecule has 1 aliphatic rings. The smallest absolute Gasteiger partial charge is 0.335 e. The van der Waals surface area contributed by atoms with E-state index < -0.39 is 11.6 Å². The van der Waals surface area contributed by atoms with Crippen LogP contribution in [0.2, 0.25) is 0 Å². The number of carboxylic acids is 1. The highest BCUT2D eigenvalue weighted by Gasteiger charge is 2.44. The molecule has 12 heteroatoms. The summed E-state index contributed by atoms with van der Waals surface area (Å²) < 4.78 is 27.9. The van der Waals surface area contributed by atoms with Crippen molar-refractivity contribution in [1.82, 2.24) is 24.4 Å². The molecular weight excluding hydrogens is 547 g/mol. The number of ether oxygens (including phenoxy) is 2. The predicted octanol–water partition coefficient (Wildman–Crippen LogP) is 4.21. The Kier molecular flexibility index (Phi) is 6.97.